The fourth-order valence-electron chi connectivity index (χ4n) is 1.50. The van der Waals surface area contributed by atoms with Gasteiger partial charge in [0.25, 0.3) is 0 Å². The topological polar surface area (TPSA) is 58.2 Å². The van der Waals surface area contributed by atoms with Gasteiger partial charge in [0.05, 0.1) is 13.0 Å². The van der Waals surface area contributed by atoms with Crippen LogP contribution in [0, 0.1) is 6.92 Å². The summed E-state index contributed by atoms with van der Waals surface area (Å²) in [5.74, 6) is -0.373. The normalized spacial score (nSPS) is 9.61. The molecule has 1 aromatic rings. The Kier molecular flexibility index (Phi) is 5.64. The first-order valence-corrected chi connectivity index (χ1v) is 5.81. The SMILES string of the molecule is C=CCNC(=O)CNC(=O)Cc1cccc(C)c1. The summed E-state index contributed by atoms with van der Waals surface area (Å²) in [5, 5.41) is 5.16. The summed E-state index contributed by atoms with van der Waals surface area (Å²) >= 11 is 0. The molecule has 1 rings (SSSR count). The average Bonchev–Trinajstić information content (AvgIpc) is 2.34. The third-order valence-corrected chi connectivity index (χ3v) is 2.34. The minimum Gasteiger partial charge on any atom is -0.351 e. The maximum atomic E-state index is 11.6. The third kappa shape index (κ3) is 5.30. The van der Waals surface area contributed by atoms with E-state index in [4.69, 9.17) is 0 Å². The highest BCUT2D eigenvalue weighted by Crippen LogP contribution is 2.04. The van der Waals surface area contributed by atoms with Crippen molar-refractivity contribution in [3.05, 3.63) is 48.0 Å². The molecular formula is C14H18N2O2. The van der Waals surface area contributed by atoms with Crippen LogP contribution in [0.2, 0.25) is 0 Å². The fourth-order valence-corrected chi connectivity index (χ4v) is 1.50. The van der Waals surface area contributed by atoms with Crippen LogP contribution in [0.4, 0.5) is 0 Å². The van der Waals surface area contributed by atoms with E-state index in [-0.39, 0.29) is 24.8 Å². The molecule has 0 fully saturated rings. The number of aryl methyl sites for hydroxylation is 1. The van der Waals surface area contributed by atoms with Gasteiger partial charge in [-0.25, -0.2) is 0 Å². The van der Waals surface area contributed by atoms with Crippen molar-refractivity contribution in [2.24, 2.45) is 0 Å². The molecule has 0 saturated carbocycles. The van der Waals surface area contributed by atoms with Gasteiger partial charge < -0.3 is 10.6 Å². The molecule has 0 bridgehead atoms. The third-order valence-electron chi connectivity index (χ3n) is 2.34. The van der Waals surface area contributed by atoms with E-state index in [9.17, 15) is 9.59 Å². The summed E-state index contributed by atoms with van der Waals surface area (Å²) in [6.45, 7) is 5.87. The maximum absolute atomic E-state index is 11.6. The van der Waals surface area contributed by atoms with E-state index in [2.05, 4.69) is 17.2 Å². The van der Waals surface area contributed by atoms with E-state index in [1.165, 1.54) is 0 Å². The number of hydrogen-bond acceptors (Lipinski definition) is 2. The van der Waals surface area contributed by atoms with E-state index < -0.39 is 0 Å². The highest BCUT2D eigenvalue weighted by molar-refractivity contribution is 5.85. The van der Waals surface area contributed by atoms with E-state index in [1.807, 2.05) is 31.2 Å². The minimum absolute atomic E-state index is 0.00150. The summed E-state index contributed by atoms with van der Waals surface area (Å²) in [6.07, 6.45) is 1.88. The van der Waals surface area contributed by atoms with Crippen molar-refractivity contribution in [1.82, 2.24) is 10.6 Å². The van der Waals surface area contributed by atoms with Gasteiger partial charge in [-0.2, -0.15) is 0 Å². The molecule has 0 aromatic heterocycles. The first-order chi connectivity index (χ1) is 8.61. The lowest BCUT2D eigenvalue weighted by Crippen LogP contribution is -2.37. The Morgan fingerprint density at radius 1 is 1.28 bits per heavy atom. The van der Waals surface area contributed by atoms with Crippen LogP contribution in [0.1, 0.15) is 11.1 Å². The zero-order valence-corrected chi connectivity index (χ0v) is 10.5. The molecular weight excluding hydrogens is 228 g/mol. The molecule has 0 unspecified atom stereocenters. The molecule has 0 aliphatic heterocycles. The Morgan fingerprint density at radius 3 is 2.72 bits per heavy atom. The second-order valence-corrected chi connectivity index (χ2v) is 4.04. The van der Waals surface area contributed by atoms with Crippen LogP contribution in [0.3, 0.4) is 0 Å². The number of rotatable bonds is 6. The van der Waals surface area contributed by atoms with Gasteiger partial charge in [-0.3, -0.25) is 9.59 Å². The Morgan fingerprint density at radius 2 is 2.06 bits per heavy atom. The van der Waals surface area contributed by atoms with Crippen LogP contribution in [0.25, 0.3) is 0 Å². The van der Waals surface area contributed by atoms with Crippen LogP contribution in [0.15, 0.2) is 36.9 Å². The highest BCUT2D eigenvalue weighted by Gasteiger charge is 2.05. The zero-order chi connectivity index (χ0) is 13.4. The second-order valence-electron chi connectivity index (χ2n) is 4.04. The summed E-state index contributed by atoms with van der Waals surface area (Å²) in [6, 6.07) is 7.74. The van der Waals surface area contributed by atoms with E-state index in [1.54, 1.807) is 6.08 Å². The molecule has 0 aliphatic rings. The molecule has 4 nitrogen and oxygen atoms in total. The second kappa shape index (κ2) is 7.27. The number of nitrogens with one attached hydrogen (secondary N) is 2. The summed E-state index contributed by atoms with van der Waals surface area (Å²) < 4.78 is 0. The number of benzene rings is 1. The molecule has 4 heteroatoms. The van der Waals surface area contributed by atoms with E-state index in [0.29, 0.717) is 6.54 Å². The molecule has 2 N–H and O–H groups in total. The van der Waals surface area contributed by atoms with Gasteiger partial charge in [0.2, 0.25) is 11.8 Å². The van der Waals surface area contributed by atoms with Crippen molar-refractivity contribution in [3.8, 4) is 0 Å². The Hall–Kier alpha value is -2.10. The Bertz CT molecular complexity index is 441. The van der Waals surface area contributed by atoms with Crippen LogP contribution < -0.4 is 10.6 Å². The van der Waals surface area contributed by atoms with Crippen LogP contribution in [-0.4, -0.2) is 24.9 Å². The number of amides is 2. The van der Waals surface area contributed by atoms with Crippen molar-refractivity contribution in [3.63, 3.8) is 0 Å². The van der Waals surface area contributed by atoms with Crippen LogP contribution >= 0.6 is 0 Å². The standard InChI is InChI=1S/C14H18N2O2/c1-3-7-15-14(18)10-16-13(17)9-12-6-4-5-11(2)8-12/h3-6,8H,1,7,9-10H2,2H3,(H,15,18)(H,16,17). The van der Waals surface area contributed by atoms with Gasteiger partial charge in [-0.05, 0) is 12.5 Å². The monoisotopic (exact) mass is 246 g/mol. The van der Waals surface area contributed by atoms with Gasteiger partial charge in [-0.15, -0.1) is 6.58 Å². The lowest BCUT2D eigenvalue weighted by Gasteiger charge is -2.06. The number of hydrogen-bond donors (Lipinski definition) is 2. The number of carbonyl (C=O) groups is 2. The lowest BCUT2D eigenvalue weighted by molar-refractivity contribution is -0.125. The first kappa shape index (κ1) is 14.0. The van der Waals surface area contributed by atoms with Crippen molar-refractivity contribution < 1.29 is 9.59 Å². The van der Waals surface area contributed by atoms with Crippen molar-refractivity contribution in [2.75, 3.05) is 13.1 Å². The van der Waals surface area contributed by atoms with Crippen LogP contribution in [-0.2, 0) is 16.0 Å². The molecule has 2 amide bonds. The predicted molar refractivity (Wildman–Crippen MR) is 71.1 cm³/mol. The van der Waals surface area contributed by atoms with E-state index >= 15 is 0 Å². The largest absolute Gasteiger partial charge is 0.351 e. The van der Waals surface area contributed by atoms with Crippen molar-refractivity contribution >= 4 is 11.8 Å². The molecule has 18 heavy (non-hydrogen) atoms. The summed E-state index contributed by atoms with van der Waals surface area (Å²) in [4.78, 5) is 22.8. The average molecular weight is 246 g/mol. The highest BCUT2D eigenvalue weighted by atomic mass is 16.2. The zero-order valence-electron chi connectivity index (χ0n) is 10.5. The Labute approximate surface area is 107 Å². The van der Waals surface area contributed by atoms with Crippen molar-refractivity contribution in [2.45, 2.75) is 13.3 Å². The van der Waals surface area contributed by atoms with Gasteiger partial charge in [0, 0.05) is 6.54 Å². The van der Waals surface area contributed by atoms with Gasteiger partial charge in [-0.1, -0.05) is 35.9 Å². The fraction of sp³-hybridized carbons (Fsp3) is 0.286. The smallest absolute Gasteiger partial charge is 0.239 e. The predicted octanol–water partition coefficient (Wildman–Crippen LogP) is 0.956. The Balaban J connectivity index is 2.33. The first-order valence-electron chi connectivity index (χ1n) is 5.81. The summed E-state index contributed by atoms with van der Waals surface area (Å²) in [7, 11) is 0. The molecule has 0 saturated heterocycles. The molecule has 0 heterocycles. The molecule has 0 atom stereocenters. The maximum Gasteiger partial charge on any atom is 0.239 e. The minimum atomic E-state index is -0.215. The molecule has 1 aromatic carbocycles. The molecule has 0 radical (unpaired) electrons. The quantitative estimate of drug-likeness (QED) is 0.734. The molecule has 96 valence electrons. The lowest BCUT2D eigenvalue weighted by atomic mass is 10.1. The molecule has 0 aliphatic carbocycles. The van der Waals surface area contributed by atoms with Gasteiger partial charge in [0.15, 0.2) is 0 Å². The summed E-state index contributed by atoms with van der Waals surface area (Å²) in [5.41, 5.74) is 2.06. The van der Waals surface area contributed by atoms with Crippen LogP contribution in [0.5, 0.6) is 0 Å². The van der Waals surface area contributed by atoms with E-state index in [0.717, 1.165) is 11.1 Å². The van der Waals surface area contributed by atoms with Gasteiger partial charge in [0.1, 0.15) is 0 Å². The van der Waals surface area contributed by atoms with Crippen molar-refractivity contribution in [1.29, 1.82) is 0 Å². The van der Waals surface area contributed by atoms with Gasteiger partial charge >= 0.3 is 0 Å². The number of carbonyl (C=O) groups excluding carboxylic acids is 2. The molecule has 0 spiro atoms.